The molecule has 0 radical (unpaired) electrons. The van der Waals surface area contributed by atoms with Gasteiger partial charge in [-0.05, 0) is 67.9 Å². The molecule has 9 heteroatoms. The van der Waals surface area contributed by atoms with E-state index < -0.39 is 47.3 Å². The van der Waals surface area contributed by atoms with Crippen LogP contribution in [0.1, 0.15) is 36.8 Å². The molecule has 0 aromatic heterocycles. The number of ether oxygens (including phenoxy) is 1. The number of halogens is 8. The maximum atomic E-state index is 14.6. The van der Waals surface area contributed by atoms with Gasteiger partial charge in [-0.15, -0.1) is 0 Å². The van der Waals surface area contributed by atoms with Gasteiger partial charge in [0.15, 0.2) is 5.83 Å². The van der Waals surface area contributed by atoms with Gasteiger partial charge in [-0.3, -0.25) is 0 Å². The molecule has 0 saturated heterocycles. The zero-order valence-corrected chi connectivity index (χ0v) is 17.0. The van der Waals surface area contributed by atoms with Crippen LogP contribution in [0.5, 0.6) is 0 Å². The first-order valence-corrected chi connectivity index (χ1v) is 9.93. The average molecular weight is 464 g/mol. The summed E-state index contributed by atoms with van der Waals surface area (Å²) >= 11 is 0. The van der Waals surface area contributed by atoms with E-state index >= 15 is 0 Å². The molecule has 32 heavy (non-hydrogen) atoms. The molecular formula is C23H20F8O. The number of alkyl halides is 5. The van der Waals surface area contributed by atoms with E-state index in [1.165, 1.54) is 0 Å². The Hall–Kier alpha value is -2.42. The third-order valence-electron chi connectivity index (χ3n) is 5.40. The van der Waals surface area contributed by atoms with Gasteiger partial charge in [0, 0.05) is 0 Å². The van der Waals surface area contributed by atoms with Gasteiger partial charge in [0.2, 0.25) is 0 Å². The summed E-state index contributed by atoms with van der Waals surface area (Å²) in [5.41, 5.74) is -0.0868. The molecule has 0 atom stereocenters. The molecule has 0 N–H and O–H groups in total. The van der Waals surface area contributed by atoms with Crippen LogP contribution in [0.15, 0.2) is 48.3 Å². The molecule has 0 bridgehead atoms. The second kappa shape index (κ2) is 9.21. The number of hydrogen-bond donors (Lipinski definition) is 0. The van der Waals surface area contributed by atoms with E-state index in [9.17, 15) is 35.1 Å². The van der Waals surface area contributed by atoms with Gasteiger partial charge in [-0.25, -0.2) is 13.2 Å². The van der Waals surface area contributed by atoms with Crippen molar-refractivity contribution in [2.24, 2.45) is 5.92 Å². The van der Waals surface area contributed by atoms with Crippen LogP contribution in [-0.4, -0.2) is 12.3 Å². The van der Waals surface area contributed by atoms with Crippen LogP contribution in [0.25, 0.3) is 11.1 Å². The number of rotatable bonds is 5. The SMILES string of the molecule is Cc1ccc(-c2cc(F)c(C(F)(F)OC3CCC(C=C(F)C(F)(F)F)CC3)c(F)c2)cc1. The van der Waals surface area contributed by atoms with Gasteiger partial charge in [0.05, 0.1) is 6.10 Å². The standard InChI is InChI=1S/C23H20F8O/c1-13-2-6-15(7-3-13)16-11-18(24)21(19(25)12-16)23(30,31)32-17-8-4-14(5-9-17)10-20(26)22(27,28)29/h2-3,6-7,10-12,14,17H,4-5,8-9H2,1H3. The van der Waals surface area contributed by atoms with Gasteiger partial charge < -0.3 is 4.74 Å². The first-order chi connectivity index (χ1) is 14.9. The summed E-state index contributed by atoms with van der Waals surface area (Å²) in [7, 11) is 0. The molecule has 1 saturated carbocycles. The number of allylic oxidation sites excluding steroid dienone is 2. The highest BCUT2D eigenvalue weighted by Crippen LogP contribution is 2.40. The van der Waals surface area contributed by atoms with Gasteiger partial charge in [0.1, 0.15) is 17.2 Å². The minimum atomic E-state index is -5.10. The number of aryl methyl sites for hydroxylation is 1. The molecule has 2 aromatic rings. The first-order valence-electron chi connectivity index (χ1n) is 9.93. The van der Waals surface area contributed by atoms with Crippen molar-refractivity contribution < 1.29 is 39.9 Å². The van der Waals surface area contributed by atoms with Crippen molar-refractivity contribution in [1.29, 1.82) is 0 Å². The smallest absolute Gasteiger partial charge is 0.313 e. The van der Waals surface area contributed by atoms with E-state index in [0.717, 1.165) is 17.7 Å². The van der Waals surface area contributed by atoms with Gasteiger partial charge in [-0.1, -0.05) is 29.8 Å². The zero-order valence-electron chi connectivity index (χ0n) is 17.0. The van der Waals surface area contributed by atoms with E-state index in [0.29, 0.717) is 11.6 Å². The monoisotopic (exact) mass is 464 g/mol. The maximum Gasteiger partial charge on any atom is 0.442 e. The van der Waals surface area contributed by atoms with E-state index in [1.807, 2.05) is 6.92 Å². The lowest BCUT2D eigenvalue weighted by molar-refractivity contribution is -0.280. The lowest BCUT2D eigenvalue weighted by Crippen LogP contribution is -2.31. The van der Waals surface area contributed by atoms with E-state index in [1.54, 1.807) is 24.3 Å². The predicted octanol–water partition coefficient (Wildman–Crippen LogP) is 7.98. The third kappa shape index (κ3) is 5.68. The van der Waals surface area contributed by atoms with Crippen LogP contribution in [0.2, 0.25) is 0 Å². The Morgan fingerprint density at radius 1 is 0.875 bits per heavy atom. The average Bonchev–Trinajstić information content (AvgIpc) is 2.68. The summed E-state index contributed by atoms with van der Waals surface area (Å²) in [6, 6.07) is 8.22. The molecule has 0 aliphatic heterocycles. The Morgan fingerprint density at radius 3 is 1.91 bits per heavy atom. The van der Waals surface area contributed by atoms with Crippen molar-refractivity contribution in [2.45, 2.75) is 51.0 Å². The highest BCUT2D eigenvalue weighted by molar-refractivity contribution is 5.64. The quantitative estimate of drug-likeness (QED) is 0.408. The van der Waals surface area contributed by atoms with Crippen molar-refractivity contribution >= 4 is 0 Å². The topological polar surface area (TPSA) is 9.23 Å². The predicted molar refractivity (Wildman–Crippen MR) is 103 cm³/mol. The van der Waals surface area contributed by atoms with Crippen molar-refractivity contribution in [3.05, 3.63) is 71.1 Å². The van der Waals surface area contributed by atoms with Crippen LogP contribution in [0, 0.1) is 24.5 Å². The fraction of sp³-hybridized carbons (Fsp3) is 0.391. The van der Waals surface area contributed by atoms with Crippen LogP contribution in [0.3, 0.4) is 0 Å². The molecule has 0 spiro atoms. The molecule has 1 aliphatic rings. The summed E-state index contributed by atoms with van der Waals surface area (Å²) in [5.74, 6) is -5.97. The maximum absolute atomic E-state index is 14.6. The van der Waals surface area contributed by atoms with E-state index in [-0.39, 0.29) is 31.2 Å². The summed E-state index contributed by atoms with van der Waals surface area (Å²) in [5, 5.41) is 0. The van der Waals surface area contributed by atoms with Crippen LogP contribution < -0.4 is 0 Å². The van der Waals surface area contributed by atoms with Crippen LogP contribution in [0.4, 0.5) is 35.1 Å². The minimum Gasteiger partial charge on any atom is -0.313 e. The summed E-state index contributed by atoms with van der Waals surface area (Å²) < 4.78 is 113. The van der Waals surface area contributed by atoms with E-state index in [2.05, 4.69) is 4.74 Å². The zero-order chi connectivity index (χ0) is 23.7. The van der Waals surface area contributed by atoms with Crippen molar-refractivity contribution in [1.82, 2.24) is 0 Å². The minimum absolute atomic E-state index is 0.0262. The molecule has 174 valence electrons. The van der Waals surface area contributed by atoms with Crippen LogP contribution in [-0.2, 0) is 10.8 Å². The second-order valence-electron chi connectivity index (χ2n) is 7.86. The Kier molecular flexibility index (Phi) is 6.97. The Labute approximate surface area is 179 Å². The Bertz CT molecular complexity index is 947. The molecule has 0 unspecified atom stereocenters. The fourth-order valence-electron chi connectivity index (χ4n) is 3.71. The van der Waals surface area contributed by atoms with Gasteiger partial charge in [-0.2, -0.15) is 22.0 Å². The second-order valence-corrected chi connectivity index (χ2v) is 7.86. The first kappa shape index (κ1) is 24.2. The molecule has 1 aliphatic carbocycles. The highest BCUT2D eigenvalue weighted by Gasteiger charge is 2.43. The van der Waals surface area contributed by atoms with E-state index in [4.69, 9.17) is 0 Å². The lowest BCUT2D eigenvalue weighted by Gasteiger charge is -2.30. The molecule has 2 aromatic carbocycles. The lowest BCUT2D eigenvalue weighted by atomic mass is 9.87. The van der Waals surface area contributed by atoms with Crippen molar-refractivity contribution in [2.75, 3.05) is 0 Å². The molecule has 1 nitrogen and oxygen atoms in total. The molecule has 1 fully saturated rings. The van der Waals surface area contributed by atoms with Gasteiger partial charge in [0.25, 0.3) is 0 Å². The largest absolute Gasteiger partial charge is 0.442 e. The summed E-state index contributed by atoms with van der Waals surface area (Å²) in [6.45, 7) is 1.82. The van der Waals surface area contributed by atoms with Gasteiger partial charge >= 0.3 is 12.3 Å². The van der Waals surface area contributed by atoms with Crippen molar-refractivity contribution in [3.63, 3.8) is 0 Å². The summed E-state index contributed by atoms with van der Waals surface area (Å²) in [6.07, 6.45) is -10.4. The fourth-order valence-corrected chi connectivity index (χ4v) is 3.71. The molecule has 0 heterocycles. The number of hydrogen-bond acceptors (Lipinski definition) is 1. The molecule has 3 rings (SSSR count). The van der Waals surface area contributed by atoms with Crippen molar-refractivity contribution in [3.8, 4) is 11.1 Å². The number of benzene rings is 2. The third-order valence-corrected chi connectivity index (χ3v) is 5.40. The Morgan fingerprint density at radius 2 is 1.41 bits per heavy atom. The Balaban J connectivity index is 1.71. The normalized spacial score (nSPS) is 20.5. The van der Waals surface area contributed by atoms with Crippen LogP contribution >= 0.6 is 0 Å². The molecule has 0 amide bonds. The molecular weight excluding hydrogens is 444 g/mol. The summed E-state index contributed by atoms with van der Waals surface area (Å²) in [4.78, 5) is 0. The highest BCUT2D eigenvalue weighted by atomic mass is 19.4.